The zero-order valence-electron chi connectivity index (χ0n) is 12.9. The zero-order chi connectivity index (χ0) is 16.9. The molecule has 0 saturated carbocycles. The van der Waals surface area contributed by atoms with Crippen molar-refractivity contribution in [3.05, 3.63) is 45.1 Å². The highest BCUT2D eigenvalue weighted by Crippen LogP contribution is 2.23. The molecule has 8 heteroatoms. The number of aromatic nitrogens is 2. The van der Waals surface area contributed by atoms with Crippen LogP contribution in [0.5, 0.6) is 0 Å². The average molecular weight is 423 g/mol. The van der Waals surface area contributed by atoms with E-state index < -0.39 is 0 Å². The van der Waals surface area contributed by atoms with Crippen molar-refractivity contribution >= 4 is 62.2 Å². The molecule has 1 aromatic carbocycles. The van der Waals surface area contributed by atoms with Crippen LogP contribution in [0, 0.1) is 0 Å². The minimum Gasteiger partial charge on any atom is -0.319 e. The van der Waals surface area contributed by atoms with Gasteiger partial charge in [0.1, 0.15) is 0 Å². The summed E-state index contributed by atoms with van der Waals surface area (Å²) >= 11 is 6.36. The van der Waals surface area contributed by atoms with Crippen LogP contribution >= 0.6 is 39.0 Å². The molecule has 0 spiro atoms. The van der Waals surface area contributed by atoms with E-state index in [9.17, 15) is 4.79 Å². The monoisotopic (exact) mass is 422 g/mol. The number of hydrogen-bond donors (Lipinski definition) is 1. The SMILES string of the molecule is CCn1c(SCC(=O)NN=Cc2ccc(Br)s2)nc2ccccc21. The largest absolute Gasteiger partial charge is 0.319 e. The number of amides is 1. The van der Waals surface area contributed by atoms with Crippen molar-refractivity contribution in [3.63, 3.8) is 0 Å². The minimum absolute atomic E-state index is 0.151. The van der Waals surface area contributed by atoms with Gasteiger partial charge in [-0.25, -0.2) is 10.4 Å². The molecule has 124 valence electrons. The third kappa shape index (κ3) is 4.06. The number of rotatable bonds is 6. The zero-order valence-corrected chi connectivity index (χ0v) is 16.1. The van der Waals surface area contributed by atoms with Crippen LogP contribution in [0.2, 0.25) is 0 Å². The summed E-state index contributed by atoms with van der Waals surface area (Å²) in [5.74, 6) is 0.121. The summed E-state index contributed by atoms with van der Waals surface area (Å²) in [7, 11) is 0. The molecule has 1 amide bonds. The van der Waals surface area contributed by atoms with Gasteiger partial charge in [0.25, 0.3) is 5.91 Å². The molecule has 0 radical (unpaired) electrons. The molecule has 0 aliphatic heterocycles. The minimum atomic E-state index is -0.151. The maximum Gasteiger partial charge on any atom is 0.250 e. The molecule has 2 heterocycles. The summed E-state index contributed by atoms with van der Waals surface area (Å²) in [6.07, 6.45) is 1.64. The van der Waals surface area contributed by atoms with Crippen molar-refractivity contribution in [2.45, 2.75) is 18.6 Å². The van der Waals surface area contributed by atoms with Crippen molar-refractivity contribution in [1.29, 1.82) is 0 Å². The van der Waals surface area contributed by atoms with Crippen molar-refractivity contribution in [1.82, 2.24) is 15.0 Å². The highest BCUT2D eigenvalue weighted by atomic mass is 79.9. The predicted octanol–water partition coefficient (Wildman–Crippen LogP) is 4.12. The molecule has 0 bridgehead atoms. The predicted molar refractivity (Wildman–Crippen MR) is 104 cm³/mol. The number of aryl methyl sites for hydroxylation is 1. The third-order valence-electron chi connectivity index (χ3n) is 3.24. The Balaban J connectivity index is 1.59. The Kier molecular flexibility index (Phi) is 5.70. The van der Waals surface area contributed by atoms with Crippen LogP contribution in [0.15, 0.2) is 50.4 Å². The van der Waals surface area contributed by atoms with Crippen LogP contribution in [0.25, 0.3) is 11.0 Å². The lowest BCUT2D eigenvalue weighted by molar-refractivity contribution is -0.118. The molecule has 3 aromatic rings. The Bertz CT molecular complexity index is 887. The van der Waals surface area contributed by atoms with Crippen molar-refractivity contribution in [2.24, 2.45) is 5.10 Å². The molecule has 0 saturated heterocycles. The van der Waals surface area contributed by atoms with Crippen LogP contribution in [0.3, 0.4) is 0 Å². The van der Waals surface area contributed by atoms with E-state index in [1.165, 1.54) is 11.8 Å². The van der Waals surface area contributed by atoms with Gasteiger partial charge in [0.15, 0.2) is 5.16 Å². The van der Waals surface area contributed by atoms with Gasteiger partial charge < -0.3 is 4.57 Å². The first-order chi connectivity index (χ1) is 11.7. The van der Waals surface area contributed by atoms with E-state index in [2.05, 4.69) is 42.9 Å². The van der Waals surface area contributed by atoms with Crippen molar-refractivity contribution in [3.8, 4) is 0 Å². The van der Waals surface area contributed by atoms with E-state index in [0.29, 0.717) is 0 Å². The van der Waals surface area contributed by atoms with Crippen molar-refractivity contribution < 1.29 is 4.79 Å². The lowest BCUT2D eigenvalue weighted by atomic mass is 10.3. The summed E-state index contributed by atoms with van der Waals surface area (Å²) in [4.78, 5) is 17.5. The number of hydrazone groups is 1. The number of carbonyl (C=O) groups is 1. The number of imidazole rings is 1. The number of halogens is 1. The Hall–Kier alpha value is -1.64. The molecule has 0 aliphatic carbocycles. The second-order valence-electron chi connectivity index (χ2n) is 4.85. The van der Waals surface area contributed by atoms with E-state index in [4.69, 9.17) is 0 Å². The van der Waals surface area contributed by atoms with Crippen LogP contribution < -0.4 is 5.43 Å². The smallest absolute Gasteiger partial charge is 0.250 e. The van der Waals surface area contributed by atoms with Gasteiger partial charge in [0, 0.05) is 11.4 Å². The first-order valence-corrected chi connectivity index (χ1v) is 9.92. The molecule has 0 aliphatic rings. The molecular formula is C16H15BrN4OS2. The number of hydrogen-bond acceptors (Lipinski definition) is 5. The third-order valence-corrected chi connectivity index (χ3v) is 5.78. The molecule has 1 N–H and O–H groups in total. The number of nitrogens with one attached hydrogen (secondary N) is 1. The molecule has 3 rings (SSSR count). The van der Waals surface area contributed by atoms with Crippen LogP contribution in [0.1, 0.15) is 11.8 Å². The first-order valence-electron chi connectivity index (χ1n) is 7.32. The van der Waals surface area contributed by atoms with Gasteiger partial charge in [-0.15, -0.1) is 11.3 Å². The maximum atomic E-state index is 11.9. The molecular weight excluding hydrogens is 408 g/mol. The fraction of sp³-hybridized carbons (Fsp3) is 0.188. The lowest BCUT2D eigenvalue weighted by Crippen LogP contribution is -2.19. The number of para-hydroxylation sites is 2. The van der Waals surface area contributed by atoms with Gasteiger partial charge in [-0.1, -0.05) is 23.9 Å². The summed E-state index contributed by atoms with van der Waals surface area (Å²) in [5.41, 5.74) is 4.58. The van der Waals surface area contributed by atoms with Crippen LogP contribution in [-0.4, -0.2) is 27.4 Å². The van der Waals surface area contributed by atoms with Gasteiger partial charge >= 0.3 is 0 Å². The second kappa shape index (κ2) is 7.96. The van der Waals surface area contributed by atoms with E-state index >= 15 is 0 Å². The van der Waals surface area contributed by atoms with Crippen LogP contribution in [-0.2, 0) is 11.3 Å². The van der Waals surface area contributed by atoms with E-state index in [-0.39, 0.29) is 11.7 Å². The molecule has 0 unspecified atom stereocenters. The van der Waals surface area contributed by atoms with Crippen LogP contribution in [0.4, 0.5) is 0 Å². The Morgan fingerprint density at radius 3 is 3.00 bits per heavy atom. The number of thiophene rings is 1. The Labute approximate surface area is 156 Å². The normalized spacial score (nSPS) is 11.4. The van der Waals surface area contributed by atoms with Gasteiger partial charge in [-0.2, -0.15) is 5.10 Å². The lowest BCUT2D eigenvalue weighted by Gasteiger charge is -2.04. The molecule has 5 nitrogen and oxygen atoms in total. The quantitative estimate of drug-likeness (QED) is 0.369. The van der Waals surface area contributed by atoms with Crippen molar-refractivity contribution in [2.75, 3.05) is 5.75 Å². The van der Waals surface area contributed by atoms with E-state index in [0.717, 1.165) is 31.4 Å². The van der Waals surface area contributed by atoms with Gasteiger partial charge in [-0.05, 0) is 47.1 Å². The van der Waals surface area contributed by atoms with Gasteiger partial charge in [-0.3, -0.25) is 4.79 Å². The molecule has 24 heavy (non-hydrogen) atoms. The number of fused-ring (bicyclic) bond motifs is 1. The first kappa shape index (κ1) is 17.2. The summed E-state index contributed by atoms with van der Waals surface area (Å²) in [6.45, 7) is 2.89. The topological polar surface area (TPSA) is 59.3 Å². The standard InChI is InChI=1S/C16H15BrN4OS2/c1-2-21-13-6-4-3-5-12(13)19-16(21)23-10-15(22)20-18-9-11-7-8-14(17)24-11/h3-9H,2,10H2,1H3,(H,20,22). The molecule has 2 aromatic heterocycles. The number of benzene rings is 1. The average Bonchev–Trinajstić information content (AvgIpc) is 3.15. The Morgan fingerprint density at radius 2 is 2.25 bits per heavy atom. The summed E-state index contributed by atoms with van der Waals surface area (Å²) < 4.78 is 3.14. The van der Waals surface area contributed by atoms with E-state index in [1.54, 1.807) is 17.6 Å². The number of thioether (sulfide) groups is 1. The molecule has 0 atom stereocenters. The number of nitrogens with zero attached hydrogens (tertiary/aromatic N) is 3. The highest BCUT2D eigenvalue weighted by molar-refractivity contribution is 9.11. The molecule has 0 fully saturated rings. The number of carbonyl (C=O) groups excluding carboxylic acids is 1. The van der Waals surface area contributed by atoms with E-state index in [1.807, 2.05) is 36.4 Å². The maximum absolute atomic E-state index is 11.9. The summed E-state index contributed by atoms with van der Waals surface area (Å²) in [6, 6.07) is 11.9. The van der Waals surface area contributed by atoms with Gasteiger partial charge in [0.2, 0.25) is 0 Å². The highest BCUT2D eigenvalue weighted by Gasteiger charge is 2.11. The summed E-state index contributed by atoms with van der Waals surface area (Å²) in [5, 5.41) is 4.82. The Morgan fingerprint density at radius 1 is 1.42 bits per heavy atom. The second-order valence-corrected chi connectivity index (χ2v) is 8.29. The fourth-order valence-electron chi connectivity index (χ4n) is 2.20. The van der Waals surface area contributed by atoms with Gasteiger partial charge in [0.05, 0.1) is 26.8 Å². The fourth-order valence-corrected chi connectivity index (χ4v) is 4.36.